The van der Waals surface area contributed by atoms with Crippen LogP contribution in [-0.2, 0) is 0 Å². The predicted octanol–water partition coefficient (Wildman–Crippen LogP) is 7.10. The molecule has 1 aromatic heterocycles. The van der Waals surface area contributed by atoms with Crippen LogP contribution in [0.2, 0.25) is 0 Å². The standard InChI is InChI=1S/C20H10FIS/c21-15-3-1-11-7-17-18-8-14-6-16(22)4-2-12(14)9-19(18)23-20(17)10-13(11)5-15/h1-10H. The topological polar surface area (TPSA) is 0 Å². The second-order valence-electron chi connectivity index (χ2n) is 5.78. The third-order valence-corrected chi connectivity index (χ3v) is 6.10. The molecule has 0 amide bonds. The summed E-state index contributed by atoms with van der Waals surface area (Å²) in [6.07, 6.45) is 0. The molecule has 0 N–H and O–H groups in total. The highest BCUT2D eigenvalue weighted by molar-refractivity contribution is 14.1. The van der Waals surface area contributed by atoms with E-state index in [9.17, 15) is 4.39 Å². The van der Waals surface area contributed by atoms with Crippen molar-refractivity contribution in [2.45, 2.75) is 0 Å². The maximum Gasteiger partial charge on any atom is 0.123 e. The summed E-state index contributed by atoms with van der Waals surface area (Å²) in [5.41, 5.74) is 0. The van der Waals surface area contributed by atoms with Crippen LogP contribution in [0.3, 0.4) is 0 Å². The molecule has 0 aliphatic carbocycles. The van der Waals surface area contributed by atoms with Gasteiger partial charge in [-0.1, -0.05) is 12.1 Å². The first kappa shape index (κ1) is 13.7. The Bertz CT molecular complexity index is 1240. The van der Waals surface area contributed by atoms with Crippen LogP contribution in [0.5, 0.6) is 0 Å². The third kappa shape index (κ3) is 2.14. The molecule has 0 bridgehead atoms. The number of benzene rings is 4. The fourth-order valence-corrected chi connectivity index (χ4v) is 4.89. The van der Waals surface area contributed by atoms with Crippen molar-refractivity contribution in [1.82, 2.24) is 0 Å². The van der Waals surface area contributed by atoms with Crippen LogP contribution in [0.15, 0.2) is 60.7 Å². The predicted molar refractivity (Wildman–Crippen MR) is 107 cm³/mol. The molecule has 0 unspecified atom stereocenters. The van der Waals surface area contributed by atoms with Gasteiger partial charge in [0.1, 0.15) is 5.82 Å². The van der Waals surface area contributed by atoms with Crippen LogP contribution < -0.4 is 0 Å². The van der Waals surface area contributed by atoms with Gasteiger partial charge in [-0.3, -0.25) is 0 Å². The lowest BCUT2D eigenvalue weighted by molar-refractivity contribution is 0.630. The van der Waals surface area contributed by atoms with Crippen LogP contribution in [0.4, 0.5) is 4.39 Å². The molecule has 23 heavy (non-hydrogen) atoms. The molecule has 0 nitrogen and oxygen atoms in total. The first-order valence-electron chi connectivity index (χ1n) is 7.32. The summed E-state index contributed by atoms with van der Waals surface area (Å²) in [4.78, 5) is 0. The second-order valence-corrected chi connectivity index (χ2v) is 8.11. The van der Waals surface area contributed by atoms with Crippen LogP contribution >= 0.6 is 33.9 Å². The Kier molecular flexibility index (Phi) is 2.91. The molecule has 0 aliphatic heterocycles. The van der Waals surface area contributed by atoms with E-state index >= 15 is 0 Å². The second kappa shape index (κ2) is 4.89. The van der Waals surface area contributed by atoms with E-state index in [0.717, 1.165) is 10.8 Å². The molecule has 0 saturated heterocycles. The summed E-state index contributed by atoms with van der Waals surface area (Å²) in [5, 5.41) is 7.11. The van der Waals surface area contributed by atoms with Gasteiger partial charge in [0.25, 0.3) is 0 Å². The van der Waals surface area contributed by atoms with Crippen molar-refractivity contribution in [3.8, 4) is 0 Å². The lowest BCUT2D eigenvalue weighted by atomic mass is 10.0. The Morgan fingerprint density at radius 1 is 0.652 bits per heavy atom. The molecule has 0 spiro atoms. The van der Waals surface area contributed by atoms with Gasteiger partial charge in [0.2, 0.25) is 0 Å². The third-order valence-electron chi connectivity index (χ3n) is 4.31. The van der Waals surface area contributed by atoms with Crippen molar-refractivity contribution >= 4 is 75.6 Å². The number of hydrogen-bond acceptors (Lipinski definition) is 1. The minimum Gasteiger partial charge on any atom is -0.207 e. The minimum absolute atomic E-state index is 0.182. The summed E-state index contributed by atoms with van der Waals surface area (Å²) >= 11 is 4.13. The molecular weight excluding hydrogens is 418 g/mol. The van der Waals surface area contributed by atoms with Gasteiger partial charge in [-0.05, 0) is 92.7 Å². The van der Waals surface area contributed by atoms with Gasteiger partial charge in [-0.25, -0.2) is 4.39 Å². The van der Waals surface area contributed by atoms with E-state index < -0.39 is 0 Å². The van der Waals surface area contributed by atoms with Crippen LogP contribution in [0.25, 0.3) is 41.7 Å². The molecule has 5 aromatic rings. The van der Waals surface area contributed by atoms with E-state index in [4.69, 9.17) is 0 Å². The highest BCUT2D eigenvalue weighted by Gasteiger charge is 2.09. The summed E-state index contributed by atoms with van der Waals surface area (Å²) < 4.78 is 17.2. The molecule has 3 heteroatoms. The van der Waals surface area contributed by atoms with Crippen molar-refractivity contribution < 1.29 is 4.39 Å². The molecule has 0 saturated carbocycles. The highest BCUT2D eigenvalue weighted by Crippen LogP contribution is 2.38. The Labute approximate surface area is 149 Å². The first-order chi connectivity index (χ1) is 11.2. The summed E-state index contributed by atoms with van der Waals surface area (Å²) in [6, 6.07) is 20.4. The van der Waals surface area contributed by atoms with Crippen molar-refractivity contribution in [2.75, 3.05) is 0 Å². The molecule has 0 atom stereocenters. The zero-order valence-corrected chi connectivity index (χ0v) is 14.9. The Balaban J connectivity index is 1.94. The number of rotatable bonds is 0. The van der Waals surface area contributed by atoms with Gasteiger partial charge < -0.3 is 0 Å². The van der Waals surface area contributed by atoms with E-state index in [1.54, 1.807) is 17.4 Å². The monoisotopic (exact) mass is 428 g/mol. The van der Waals surface area contributed by atoms with Crippen molar-refractivity contribution in [3.05, 3.63) is 70.1 Å². The average molecular weight is 428 g/mol. The van der Waals surface area contributed by atoms with Crippen molar-refractivity contribution in [3.63, 3.8) is 0 Å². The Morgan fingerprint density at radius 3 is 2.09 bits per heavy atom. The van der Waals surface area contributed by atoms with Crippen LogP contribution in [0.1, 0.15) is 0 Å². The lowest BCUT2D eigenvalue weighted by Crippen LogP contribution is -1.77. The number of fused-ring (bicyclic) bond motifs is 5. The Morgan fingerprint density at radius 2 is 1.26 bits per heavy atom. The molecule has 0 aliphatic rings. The minimum atomic E-state index is -0.182. The smallest absolute Gasteiger partial charge is 0.123 e. The number of thiophene rings is 1. The number of halogens is 2. The van der Waals surface area contributed by atoms with Gasteiger partial charge in [-0.15, -0.1) is 11.3 Å². The maximum atomic E-state index is 13.5. The zero-order valence-electron chi connectivity index (χ0n) is 11.9. The molecule has 0 fully saturated rings. The fourth-order valence-electron chi connectivity index (χ4n) is 3.20. The molecule has 4 aromatic carbocycles. The molecule has 5 rings (SSSR count). The van der Waals surface area contributed by atoms with Gasteiger partial charge in [-0.2, -0.15) is 0 Å². The van der Waals surface area contributed by atoms with Crippen LogP contribution in [-0.4, -0.2) is 0 Å². The normalized spacial score (nSPS) is 11.9. The maximum absolute atomic E-state index is 13.5. The highest BCUT2D eigenvalue weighted by atomic mass is 127. The van der Waals surface area contributed by atoms with Gasteiger partial charge in [0, 0.05) is 23.7 Å². The van der Waals surface area contributed by atoms with Crippen molar-refractivity contribution in [1.29, 1.82) is 0 Å². The Hall–Kier alpha value is -1.72. The summed E-state index contributed by atoms with van der Waals surface area (Å²) in [6.45, 7) is 0. The molecule has 0 radical (unpaired) electrons. The van der Waals surface area contributed by atoms with Gasteiger partial charge in [0.05, 0.1) is 0 Å². The van der Waals surface area contributed by atoms with E-state index in [0.29, 0.717) is 0 Å². The van der Waals surface area contributed by atoms with Gasteiger partial charge in [0.15, 0.2) is 0 Å². The fraction of sp³-hybridized carbons (Fsp3) is 0. The van der Waals surface area contributed by atoms with E-state index in [1.807, 2.05) is 6.07 Å². The SMILES string of the molecule is Fc1ccc2cc3c(cc2c1)sc1cc2ccc(I)cc2cc13. The van der Waals surface area contributed by atoms with Gasteiger partial charge >= 0.3 is 0 Å². The van der Waals surface area contributed by atoms with E-state index in [2.05, 4.69) is 65.1 Å². The van der Waals surface area contributed by atoms with E-state index in [-0.39, 0.29) is 5.82 Å². The van der Waals surface area contributed by atoms with Crippen molar-refractivity contribution in [2.24, 2.45) is 0 Å². The van der Waals surface area contributed by atoms with E-state index in [1.165, 1.54) is 40.6 Å². The quantitative estimate of drug-likeness (QED) is 0.231. The largest absolute Gasteiger partial charge is 0.207 e. The molecule has 1 heterocycles. The molecule has 110 valence electrons. The first-order valence-corrected chi connectivity index (χ1v) is 9.22. The number of hydrogen-bond donors (Lipinski definition) is 0. The molecular formula is C20H10FIS. The summed E-state index contributed by atoms with van der Waals surface area (Å²) in [7, 11) is 0. The lowest BCUT2D eigenvalue weighted by Gasteiger charge is -2.01. The summed E-state index contributed by atoms with van der Waals surface area (Å²) in [5.74, 6) is -0.182. The average Bonchev–Trinajstić information content (AvgIpc) is 2.87. The van der Waals surface area contributed by atoms with Crippen LogP contribution in [0, 0.1) is 9.39 Å². The zero-order chi connectivity index (χ0) is 15.6.